The van der Waals surface area contributed by atoms with Crippen LogP contribution in [0.2, 0.25) is 0 Å². The van der Waals surface area contributed by atoms with E-state index in [1.807, 2.05) is 0 Å². The Bertz CT molecular complexity index is 254. The van der Waals surface area contributed by atoms with E-state index in [0.717, 1.165) is 37.9 Å². The molecule has 1 unspecified atom stereocenters. The normalized spacial score (nSPS) is 13.4. The van der Waals surface area contributed by atoms with Gasteiger partial charge >= 0.3 is 0 Å². The summed E-state index contributed by atoms with van der Waals surface area (Å²) in [6, 6.07) is 2.74. The molecule has 0 aromatic heterocycles. The quantitative estimate of drug-likeness (QED) is 0.628. The summed E-state index contributed by atoms with van der Waals surface area (Å²) in [6.45, 7) is 16.6. The van der Waals surface area contributed by atoms with Crippen molar-refractivity contribution in [2.45, 2.75) is 72.9 Å². The second-order valence-electron chi connectivity index (χ2n) is 7.00. The highest BCUT2D eigenvalue weighted by atomic mass is 15.1. The van der Waals surface area contributed by atoms with E-state index in [1.54, 1.807) is 0 Å². The lowest BCUT2D eigenvalue weighted by Gasteiger charge is -2.25. The van der Waals surface area contributed by atoms with Gasteiger partial charge in [-0.25, -0.2) is 0 Å². The van der Waals surface area contributed by atoms with Crippen LogP contribution in [0.5, 0.6) is 0 Å². The number of rotatable bonds is 11. The van der Waals surface area contributed by atoms with Crippen molar-refractivity contribution in [3.63, 3.8) is 0 Å². The van der Waals surface area contributed by atoms with Crippen molar-refractivity contribution in [2.24, 2.45) is 11.8 Å². The molecule has 0 aliphatic rings. The SMILES string of the molecule is CC(C)CCN(CCC(C)C)CCC(C#N)NC(C)C. The molecule has 0 bridgehead atoms. The van der Waals surface area contributed by atoms with Gasteiger partial charge < -0.3 is 4.90 Å². The van der Waals surface area contributed by atoms with Crippen LogP contribution < -0.4 is 5.32 Å². The average Bonchev–Trinajstić information content (AvgIpc) is 2.35. The molecule has 0 aromatic rings. The van der Waals surface area contributed by atoms with Gasteiger partial charge in [0.2, 0.25) is 0 Å². The van der Waals surface area contributed by atoms with Crippen LogP contribution in [0.3, 0.4) is 0 Å². The molecule has 20 heavy (non-hydrogen) atoms. The Labute approximate surface area is 126 Å². The Morgan fingerprint density at radius 2 is 1.30 bits per heavy atom. The van der Waals surface area contributed by atoms with Gasteiger partial charge in [-0.3, -0.25) is 5.32 Å². The van der Waals surface area contributed by atoms with Gasteiger partial charge in [0, 0.05) is 12.6 Å². The van der Waals surface area contributed by atoms with Crippen molar-refractivity contribution in [3.05, 3.63) is 0 Å². The standard InChI is InChI=1S/C17H35N3/c1-14(2)7-10-20(11-8-15(3)4)12-9-17(13-18)19-16(5)6/h14-17,19H,7-12H2,1-6H3. The van der Waals surface area contributed by atoms with E-state index in [-0.39, 0.29) is 6.04 Å². The molecule has 0 aromatic carbocycles. The van der Waals surface area contributed by atoms with Gasteiger partial charge in [0.15, 0.2) is 0 Å². The molecule has 3 nitrogen and oxygen atoms in total. The second kappa shape index (κ2) is 11.1. The fourth-order valence-electron chi connectivity index (χ4n) is 2.12. The minimum absolute atomic E-state index is 0.0180. The molecule has 0 fully saturated rings. The van der Waals surface area contributed by atoms with Crippen LogP contribution in [0.4, 0.5) is 0 Å². The molecule has 0 amide bonds. The third kappa shape index (κ3) is 11.3. The summed E-state index contributed by atoms with van der Waals surface area (Å²) in [5, 5.41) is 12.5. The Kier molecular flexibility index (Phi) is 10.8. The third-order valence-corrected chi connectivity index (χ3v) is 3.47. The van der Waals surface area contributed by atoms with Crippen LogP contribution in [0.15, 0.2) is 0 Å². The van der Waals surface area contributed by atoms with E-state index in [2.05, 4.69) is 57.8 Å². The topological polar surface area (TPSA) is 39.1 Å². The Morgan fingerprint density at radius 1 is 0.850 bits per heavy atom. The van der Waals surface area contributed by atoms with E-state index in [9.17, 15) is 5.26 Å². The molecule has 1 atom stereocenters. The maximum atomic E-state index is 9.19. The molecule has 0 aliphatic heterocycles. The third-order valence-electron chi connectivity index (χ3n) is 3.47. The second-order valence-corrected chi connectivity index (χ2v) is 7.00. The van der Waals surface area contributed by atoms with Crippen molar-refractivity contribution in [1.29, 1.82) is 5.26 Å². The maximum Gasteiger partial charge on any atom is 0.0967 e. The fourth-order valence-corrected chi connectivity index (χ4v) is 2.12. The first kappa shape index (κ1) is 19.4. The summed E-state index contributed by atoms with van der Waals surface area (Å²) in [5.41, 5.74) is 0. The van der Waals surface area contributed by atoms with Gasteiger partial charge in [0.1, 0.15) is 0 Å². The van der Waals surface area contributed by atoms with Gasteiger partial charge in [-0.2, -0.15) is 5.26 Å². The molecule has 1 N–H and O–H groups in total. The van der Waals surface area contributed by atoms with Crippen molar-refractivity contribution < 1.29 is 0 Å². The molecule has 0 rings (SSSR count). The van der Waals surface area contributed by atoms with Crippen LogP contribution in [-0.2, 0) is 0 Å². The summed E-state index contributed by atoms with van der Waals surface area (Å²) < 4.78 is 0. The molecule has 0 saturated carbocycles. The van der Waals surface area contributed by atoms with Gasteiger partial charge in [-0.15, -0.1) is 0 Å². The highest BCUT2D eigenvalue weighted by Crippen LogP contribution is 2.08. The first-order chi connectivity index (χ1) is 9.35. The van der Waals surface area contributed by atoms with Gasteiger partial charge in [-0.1, -0.05) is 27.7 Å². The zero-order valence-electron chi connectivity index (χ0n) is 14.4. The van der Waals surface area contributed by atoms with Crippen LogP contribution >= 0.6 is 0 Å². The zero-order valence-corrected chi connectivity index (χ0v) is 14.4. The minimum atomic E-state index is -0.0180. The van der Waals surface area contributed by atoms with Gasteiger partial charge in [0.05, 0.1) is 12.1 Å². The average molecular weight is 281 g/mol. The molecule has 0 saturated heterocycles. The highest BCUT2D eigenvalue weighted by Gasteiger charge is 2.12. The highest BCUT2D eigenvalue weighted by molar-refractivity contribution is 4.91. The van der Waals surface area contributed by atoms with Crippen LogP contribution in [0.25, 0.3) is 0 Å². The number of nitrogens with zero attached hydrogens (tertiary/aromatic N) is 2. The number of hydrogen-bond acceptors (Lipinski definition) is 3. The van der Waals surface area contributed by atoms with Crippen LogP contribution in [-0.4, -0.2) is 36.6 Å². The molecule has 0 heterocycles. The fraction of sp³-hybridized carbons (Fsp3) is 0.941. The van der Waals surface area contributed by atoms with Crippen molar-refractivity contribution in [1.82, 2.24) is 10.2 Å². The van der Waals surface area contributed by atoms with E-state index in [0.29, 0.717) is 6.04 Å². The number of hydrogen-bond donors (Lipinski definition) is 1. The van der Waals surface area contributed by atoms with Crippen LogP contribution in [0, 0.1) is 23.2 Å². The van der Waals surface area contributed by atoms with Gasteiger partial charge in [-0.05, 0) is 58.0 Å². The molecule has 3 heteroatoms. The first-order valence-corrected chi connectivity index (χ1v) is 8.23. The van der Waals surface area contributed by atoms with Crippen molar-refractivity contribution in [3.8, 4) is 6.07 Å². The van der Waals surface area contributed by atoms with E-state index < -0.39 is 0 Å². The molecular weight excluding hydrogens is 246 g/mol. The lowest BCUT2D eigenvalue weighted by molar-refractivity contribution is 0.234. The van der Waals surface area contributed by atoms with Crippen LogP contribution in [0.1, 0.15) is 60.8 Å². The van der Waals surface area contributed by atoms with E-state index in [1.165, 1.54) is 12.8 Å². The van der Waals surface area contributed by atoms with E-state index in [4.69, 9.17) is 0 Å². The Balaban J connectivity index is 4.21. The molecule has 0 spiro atoms. The zero-order chi connectivity index (χ0) is 15.5. The molecule has 0 radical (unpaired) electrons. The number of nitrogens with one attached hydrogen (secondary N) is 1. The smallest absolute Gasteiger partial charge is 0.0967 e. The summed E-state index contributed by atoms with van der Waals surface area (Å²) in [6.07, 6.45) is 3.41. The number of nitriles is 1. The Morgan fingerprint density at radius 3 is 1.65 bits per heavy atom. The predicted octanol–water partition coefficient (Wildman–Crippen LogP) is 3.66. The van der Waals surface area contributed by atoms with E-state index >= 15 is 0 Å². The molecular formula is C17H35N3. The largest absolute Gasteiger partial charge is 0.303 e. The summed E-state index contributed by atoms with van der Waals surface area (Å²) in [5.74, 6) is 1.49. The summed E-state index contributed by atoms with van der Waals surface area (Å²) >= 11 is 0. The Hall–Kier alpha value is -0.590. The van der Waals surface area contributed by atoms with Crippen molar-refractivity contribution >= 4 is 0 Å². The summed E-state index contributed by atoms with van der Waals surface area (Å²) in [7, 11) is 0. The van der Waals surface area contributed by atoms with Gasteiger partial charge in [0.25, 0.3) is 0 Å². The predicted molar refractivity (Wildman–Crippen MR) is 87.6 cm³/mol. The summed E-state index contributed by atoms with van der Waals surface area (Å²) in [4.78, 5) is 2.53. The minimum Gasteiger partial charge on any atom is -0.303 e. The van der Waals surface area contributed by atoms with Crippen molar-refractivity contribution in [2.75, 3.05) is 19.6 Å². The molecule has 118 valence electrons. The molecule has 0 aliphatic carbocycles. The lowest BCUT2D eigenvalue weighted by Crippen LogP contribution is -2.38. The first-order valence-electron chi connectivity index (χ1n) is 8.23. The maximum absolute atomic E-state index is 9.19. The lowest BCUT2D eigenvalue weighted by atomic mass is 10.1. The monoisotopic (exact) mass is 281 g/mol.